The average Bonchev–Trinajstić information content (AvgIpc) is 3.10. The Bertz CT molecular complexity index is 1070. The molecule has 1 aromatic carbocycles. The summed E-state index contributed by atoms with van der Waals surface area (Å²) in [4.78, 5) is 11.9. The summed E-state index contributed by atoms with van der Waals surface area (Å²) in [6.45, 7) is 4.05. The predicted octanol–water partition coefficient (Wildman–Crippen LogP) is 3.05. The monoisotopic (exact) mass is 384 g/mol. The minimum Gasteiger partial charge on any atom is -0.356 e. The average molecular weight is 385 g/mol. The summed E-state index contributed by atoms with van der Waals surface area (Å²) in [5.41, 5.74) is 3.20. The zero-order chi connectivity index (χ0) is 19.0. The molecule has 0 amide bonds. The Morgan fingerprint density at radius 1 is 1.15 bits per heavy atom. The van der Waals surface area contributed by atoms with Gasteiger partial charge in [0, 0.05) is 41.9 Å². The number of aromatic nitrogens is 4. The van der Waals surface area contributed by atoms with E-state index in [4.69, 9.17) is 4.78 Å². The molecule has 0 aliphatic carbocycles. The molecule has 0 bridgehead atoms. The van der Waals surface area contributed by atoms with Crippen molar-refractivity contribution < 1.29 is 4.21 Å². The lowest BCUT2D eigenvalue weighted by Gasteiger charge is -2.31. The number of rotatable bonds is 4. The van der Waals surface area contributed by atoms with Gasteiger partial charge in [-0.3, -0.25) is 0 Å². The highest BCUT2D eigenvalue weighted by Crippen LogP contribution is 2.28. The topological polar surface area (TPSA) is 87.2 Å². The summed E-state index contributed by atoms with van der Waals surface area (Å²) in [5, 5.41) is 4.42. The Balaban J connectivity index is 1.77. The van der Waals surface area contributed by atoms with Crippen LogP contribution in [0.4, 0.5) is 5.82 Å². The van der Waals surface area contributed by atoms with Crippen LogP contribution in [-0.2, 0) is 16.1 Å². The maximum atomic E-state index is 11.9. The van der Waals surface area contributed by atoms with Crippen LogP contribution < -0.4 is 4.90 Å². The zero-order valence-corrected chi connectivity index (χ0v) is 16.5. The molecule has 27 heavy (non-hydrogen) atoms. The third-order valence-electron chi connectivity index (χ3n) is 5.11. The summed E-state index contributed by atoms with van der Waals surface area (Å²) >= 11 is 0. The molecule has 1 N–H and O–H groups in total. The van der Waals surface area contributed by atoms with Gasteiger partial charge in [0.15, 0.2) is 0 Å². The van der Waals surface area contributed by atoms with E-state index in [-0.39, 0.29) is 0 Å². The maximum absolute atomic E-state index is 11.9. The summed E-state index contributed by atoms with van der Waals surface area (Å²) in [6.07, 6.45) is 7.34. The third-order valence-corrected chi connectivity index (χ3v) is 6.29. The molecule has 2 aromatic heterocycles. The van der Waals surface area contributed by atoms with Gasteiger partial charge in [-0.1, -0.05) is 12.1 Å². The van der Waals surface area contributed by atoms with Crippen LogP contribution in [0.15, 0.2) is 35.5 Å². The third kappa shape index (κ3) is 3.53. The molecule has 4 rings (SSSR count). The van der Waals surface area contributed by atoms with Crippen LogP contribution in [0.25, 0.3) is 5.78 Å². The van der Waals surface area contributed by atoms with Crippen molar-refractivity contribution in [1.29, 1.82) is 4.78 Å². The Morgan fingerprint density at radius 3 is 2.52 bits per heavy atom. The fraction of sp³-hybridized carbons (Fsp3) is 0.421. The number of aryl methyl sites for hydroxylation is 1. The van der Waals surface area contributed by atoms with Gasteiger partial charge in [-0.2, -0.15) is 14.6 Å². The van der Waals surface area contributed by atoms with E-state index in [0.717, 1.165) is 35.7 Å². The van der Waals surface area contributed by atoms with Crippen LogP contribution in [-0.4, -0.2) is 43.1 Å². The molecule has 3 heterocycles. The summed E-state index contributed by atoms with van der Waals surface area (Å²) < 4.78 is 21.5. The predicted molar refractivity (Wildman–Crippen MR) is 106 cm³/mol. The number of anilines is 1. The van der Waals surface area contributed by atoms with Crippen LogP contribution in [0.3, 0.4) is 0 Å². The summed E-state index contributed by atoms with van der Waals surface area (Å²) in [7, 11) is -2.69. The first-order valence-electron chi connectivity index (χ1n) is 9.20. The molecule has 1 aliphatic rings. The van der Waals surface area contributed by atoms with Crippen molar-refractivity contribution in [2.75, 3.05) is 24.2 Å². The Labute approximate surface area is 159 Å². The second-order valence-corrected chi connectivity index (χ2v) is 9.34. The second-order valence-electron chi connectivity index (χ2n) is 7.18. The van der Waals surface area contributed by atoms with E-state index >= 15 is 0 Å². The molecule has 142 valence electrons. The van der Waals surface area contributed by atoms with Crippen molar-refractivity contribution in [3.05, 3.63) is 47.4 Å². The molecule has 0 spiro atoms. The second kappa shape index (κ2) is 6.92. The van der Waals surface area contributed by atoms with Gasteiger partial charge in [-0.15, -0.1) is 0 Å². The molecule has 1 fully saturated rings. The van der Waals surface area contributed by atoms with E-state index in [1.54, 1.807) is 18.5 Å². The highest BCUT2D eigenvalue weighted by atomic mass is 32.2. The van der Waals surface area contributed by atoms with E-state index in [1.165, 1.54) is 25.5 Å². The quantitative estimate of drug-likeness (QED) is 0.747. The fourth-order valence-electron chi connectivity index (χ4n) is 3.68. The first-order chi connectivity index (χ1) is 12.9. The lowest BCUT2D eigenvalue weighted by atomic mass is 10.0. The van der Waals surface area contributed by atoms with E-state index in [1.807, 2.05) is 23.6 Å². The molecule has 7 nitrogen and oxygen atoms in total. The lowest BCUT2D eigenvalue weighted by Crippen LogP contribution is -2.32. The van der Waals surface area contributed by atoms with Crippen molar-refractivity contribution in [2.24, 2.45) is 0 Å². The molecule has 1 atom stereocenters. The van der Waals surface area contributed by atoms with Gasteiger partial charge in [0.05, 0.1) is 9.73 Å². The number of benzene rings is 1. The molecule has 3 aromatic rings. The first kappa shape index (κ1) is 17.9. The van der Waals surface area contributed by atoms with Crippen molar-refractivity contribution in [3.8, 4) is 0 Å². The van der Waals surface area contributed by atoms with E-state index in [0.29, 0.717) is 17.1 Å². The zero-order valence-electron chi connectivity index (χ0n) is 15.7. The number of hydrogen-bond acceptors (Lipinski definition) is 6. The van der Waals surface area contributed by atoms with E-state index in [9.17, 15) is 4.21 Å². The molecule has 0 saturated carbocycles. The van der Waals surface area contributed by atoms with Crippen molar-refractivity contribution >= 4 is 21.3 Å². The van der Waals surface area contributed by atoms with Crippen molar-refractivity contribution in [3.63, 3.8) is 0 Å². The van der Waals surface area contributed by atoms with Crippen LogP contribution >= 0.6 is 0 Å². The highest BCUT2D eigenvalue weighted by Gasteiger charge is 2.22. The lowest BCUT2D eigenvalue weighted by molar-refractivity contribution is 0.566. The van der Waals surface area contributed by atoms with Crippen LogP contribution in [0.2, 0.25) is 0 Å². The number of piperidine rings is 1. The Kier molecular flexibility index (Phi) is 4.59. The molecule has 1 aliphatic heterocycles. The number of fused-ring (bicyclic) bond motifs is 1. The molecule has 0 unspecified atom stereocenters. The number of nitrogens with one attached hydrogen (secondary N) is 1. The molecule has 8 heteroatoms. The molecule has 0 radical (unpaired) electrons. The fourth-order valence-corrected chi connectivity index (χ4v) is 4.33. The van der Waals surface area contributed by atoms with E-state index in [2.05, 4.69) is 20.0 Å². The largest absolute Gasteiger partial charge is 0.356 e. The molecular weight excluding hydrogens is 360 g/mol. The summed E-state index contributed by atoms with van der Waals surface area (Å²) in [6, 6.07) is 7.50. The van der Waals surface area contributed by atoms with Crippen LogP contribution in [0.1, 0.15) is 36.1 Å². The van der Waals surface area contributed by atoms with Gasteiger partial charge >= 0.3 is 0 Å². The minimum absolute atomic E-state index is 0.559. The van der Waals surface area contributed by atoms with Gasteiger partial charge in [-0.25, -0.2) is 14.0 Å². The number of hydrogen-bond donors (Lipinski definition) is 1. The molecular formula is C19H24N6OS. The van der Waals surface area contributed by atoms with Crippen molar-refractivity contribution in [1.82, 2.24) is 19.6 Å². The smallest absolute Gasteiger partial charge is 0.254 e. The van der Waals surface area contributed by atoms with Gasteiger partial charge in [0.1, 0.15) is 12.1 Å². The highest BCUT2D eigenvalue weighted by molar-refractivity contribution is 7.91. The van der Waals surface area contributed by atoms with Crippen LogP contribution in [0.5, 0.6) is 0 Å². The normalized spacial score (nSPS) is 17.2. The van der Waals surface area contributed by atoms with Gasteiger partial charge in [-0.05, 0) is 43.9 Å². The molecule has 1 saturated heterocycles. The van der Waals surface area contributed by atoms with Gasteiger partial charge in [0.25, 0.3) is 5.78 Å². The standard InChI is InChI=1S/C19H24N6OS/c1-14-17(12-15-6-8-16(9-7-15)27(2,20)26)18(24-10-4-3-5-11-24)25-19(23-14)21-13-22-25/h6-9,13,20H,3-5,10-12H2,1-2H3/t27-/m0/s1. The van der Waals surface area contributed by atoms with Crippen LogP contribution in [0, 0.1) is 11.7 Å². The Morgan fingerprint density at radius 2 is 1.85 bits per heavy atom. The SMILES string of the molecule is Cc1nc2ncnn2c(N2CCCCC2)c1Cc1ccc([S@@](C)(=N)=O)cc1. The maximum Gasteiger partial charge on any atom is 0.254 e. The van der Waals surface area contributed by atoms with E-state index < -0.39 is 9.73 Å². The Hall–Kier alpha value is -2.48. The first-order valence-corrected chi connectivity index (χ1v) is 11.2. The summed E-state index contributed by atoms with van der Waals surface area (Å²) in [5.74, 6) is 1.71. The van der Waals surface area contributed by atoms with Gasteiger partial charge < -0.3 is 4.90 Å². The van der Waals surface area contributed by atoms with Gasteiger partial charge in [0.2, 0.25) is 0 Å². The minimum atomic E-state index is -2.69. The number of nitrogens with zero attached hydrogens (tertiary/aromatic N) is 5. The van der Waals surface area contributed by atoms with Crippen molar-refractivity contribution in [2.45, 2.75) is 37.5 Å².